The summed E-state index contributed by atoms with van der Waals surface area (Å²) in [7, 11) is 0. The molecule has 23 heavy (non-hydrogen) atoms. The van der Waals surface area contributed by atoms with Gasteiger partial charge in [0.05, 0.1) is 6.61 Å². The Hall–Kier alpha value is -2.16. The van der Waals surface area contributed by atoms with E-state index in [2.05, 4.69) is 61.7 Å². The lowest BCUT2D eigenvalue weighted by Crippen LogP contribution is -2.15. The van der Waals surface area contributed by atoms with E-state index in [0.717, 1.165) is 44.0 Å². The van der Waals surface area contributed by atoms with Crippen LogP contribution in [0.15, 0.2) is 42.5 Å². The molecule has 0 aromatic heterocycles. The molecule has 2 aromatic carbocycles. The average Bonchev–Trinajstić information content (AvgIpc) is 2.58. The maximum absolute atomic E-state index is 5.59. The smallest absolute Gasteiger partial charge is 0.119 e. The minimum atomic E-state index is 0.771. The Morgan fingerprint density at radius 3 is 2.35 bits per heavy atom. The van der Waals surface area contributed by atoms with Gasteiger partial charge in [-0.1, -0.05) is 32.0 Å². The van der Waals surface area contributed by atoms with Gasteiger partial charge in [-0.3, -0.25) is 0 Å². The maximum atomic E-state index is 5.59. The molecule has 124 valence electrons. The summed E-state index contributed by atoms with van der Waals surface area (Å²) in [4.78, 5) is 0. The Morgan fingerprint density at radius 2 is 1.65 bits per heavy atom. The zero-order valence-electron chi connectivity index (χ0n) is 14.5. The van der Waals surface area contributed by atoms with Gasteiger partial charge in [-0.05, 0) is 55.2 Å². The van der Waals surface area contributed by atoms with Crippen molar-refractivity contribution in [3.63, 3.8) is 0 Å². The second-order valence-corrected chi connectivity index (χ2v) is 5.69. The molecule has 2 rings (SSSR count). The van der Waals surface area contributed by atoms with E-state index in [0.29, 0.717) is 0 Å². The molecule has 3 nitrogen and oxygen atoms in total. The van der Waals surface area contributed by atoms with Crippen molar-refractivity contribution in [2.45, 2.75) is 33.6 Å². The molecule has 2 N–H and O–H groups in total. The van der Waals surface area contributed by atoms with E-state index >= 15 is 0 Å². The molecule has 0 heterocycles. The van der Waals surface area contributed by atoms with E-state index in [-0.39, 0.29) is 0 Å². The molecule has 0 radical (unpaired) electrons. The molecular formula is C20H28N2O. The molecule has 3 heteroatoms. The molecule has 0 fully saturated rings. The summed E-state index contributed by atoms with van der Waals surface area (Å²) in [5.74, 6) is 0.933. The van der Waals surface area contributed by atoms with Crippen molar-refractivity contribution in [3.8, 4) is 5.75 Å². The number of aryl methyl sites for hydroxylation is 2. The van der Waals surface area contributed by atoms with Crippen LogP contribution in [0.3, 0.4) is 0 Å². The van der Waals surface area contributed by atoms with Crippen molar-refractivity contribution >= 4 is 11.4 Å². The number of nitrogens with one attached hydrogen (secondary N) is 2. The third-order valence-electron chi connectivity index (χ3n) is 3.82. The van der Waals surface area contributed by atoms with Crippen LogP contribution in [0.1, 0.15) is 31.4 Å². The highest BCUT2D eigenvalue weighted by Crippen LogP contribution is 2.21. The van der Waals surface area contributed by atoms with Crippen LogP contribution in [0.4, 0.5) is 11.4 Å². The fourth-order valence-electron chi connectivity index (χ4n) is 2.56. The van der Waals surface area contributed by atoms with Crippen LogP contribution in [0.25, 0.3) is 0 Å². The second kappa shape index (κ2) is 9.09. The normalized spacial score (nSPS) is 10.4. The lowest BCUT2D eigenvalue weighted by Gasteiger charge is -2.15. The van der Waals surface area contributed by atoms with Crippen LogP contribution in [-0.4, -0.2) is 19.7 Å². The molecule has 0 aliphatic rings. The van der Waals surface area contributed by atoms with Gasteiger partial charge in [0.15, 0.2) is 0 Å². The van der Waals surface area contributed by atoms with E-state index in [1.54, 1.807) is 0 Å². The summed E-state index contributed by atoms with van der Waals surface area (Å²) in [6, 6.07) is 14.6. The predicted molar refractivity (Wildman–Crippen MR) is 99.8 cm³/mol. The van der Waals surface area contributed by atoms with Crippen molar-refractivity contribution in [1.82, 2.24) is 0 Å². The summed E-state index contributed by atoms with van der Waals surface area (Å²) < 4.78 is 5.59. The Bertz CT molecular complexity index is 593. The molecule has 0 aliphatic carbocycles. The lowest BCUT2D eigenvalue weighted by molar-refractivity contribution is 0.317. The first-order chi connectivity index (χ1) is 11.2. The van der Waals surface area contributed by atoms with Crippen LogP contribution in [0.2, 0.25) is 0 Å². The Morgan fingerprint density at radius 1 is 0.913 bits per heavy atom. The Labute approximate surface area is 140 Å². The van der Waals surface area contributed by atoms with E-state index in [9.17, 15) is 0 Å². The van der Waals surface area contributed by atoms with Crippen molar-refractivity contribution in [2.24, 2.45) is 0 Å². The van der Waals surface area contributed by atoms with Crippen LogP contribution < -0.4 is 15.4 Å². The Kier molecular flexibility index (Phi) is 6.79. The van der Waals surface area contributed by atoms with Crippen molar-refractivity contribution in [2.75, 3.05) is 30.3 Å². The molecule has 0 amide bonds. The number of benzene rings is 2. The van der Waals surface area contributed by atoms with Crippen molar-refractivity contribution in [1.29, 1.82) is 0 Å². The third kappa shape index (κ3) is 5.20. The first-order valence-corrected chi connectivity index (χ1v) is 8.53. The van der Waals surface area contributed by atoms with Gasteiger partial charge >= 0.3 is 0 Å². The maximum Gasteiger partial charge on any atom is 0.119 e. The standard InChI is InChI=1S/C20H28N2O/c1-4-15-23-19-11-9-18(10-12-19)21-13-14-22-20-16(3)7-6-8-17(20)5-2/h6-12,21-22H,4-5,13-15H2,1-3H3. The summed E-state index contributed by atoms with van der Waals surface area (Å²) >= 11 is 0. The number of rotatable bonds is 9. The molecule has 0 bridgehead atoms. The van der Waals surface area contributed by atoms with E-state index in [4.69, 9.17) is 4.74 Å². The zero-order valence-corrected chi connectivity index (χ0v) is 14.5. The van der Waals surface area contributed by atoms with Crippen molar-refractivity contribution in [3.05, 3.63) is 53.6 Å². The fraction of sp³-hybridized carbons (Fsp3) is 0.400. The van der Waals surface area contributed by atoms with Gasteiger partial charge in [0.2, 0.25) is 0 Å². The summed E-state index contributed by atoms with van der Waals surface area (Å²) in [5.41, 5.74) is 5.08. The van der Waals surface area contributed by atoms with Crippen LogP contribution in [0.5, 0.6) is 5.75 Å². The topological polar surface area (TPSA) is 33.3 Å². The minimum Gasteiger partial charge on any atom is -0.494 e. The van der Waals surface area contributed by atoms with E-state index in [1.807, 2.05) is 12.1 Å². The first kappa shape index (κ1) is 17.2. The Balaban J connectivity index is 1.79. The summed E-state index contributed by atoms with van der Waals surface area (Å²) in [5, 5.41) is 6.99. The average molecular weight is 312 g/mol. The first-order valence-electron chi connectivity index (χ1n) is 8.53. The van der Waals surface area contributed by atoms with Gasteiger partial charge in [0.1, 0.15) is 5.75 Å². The molecule has 0 aliphatic heterocycles. The lowest BCUT2D eigenvalue weighted by atomic mass is 10.1. The quantitative estimate of drug-likeness (QED) is 0.648. The number of hydrogen-bond donors (Lipinski definition) is 2. The summed E-state index contributed by atoms with van der Waals surface area (Å²) in [6.45, 7) is 9.01. The zero-order chi connectivity index (χ0) is 16.5. The van der Waals surface area contributed by atoms with Gasteiger partial charge in [-0.2, -0.15) is 0 Å². The molecular weight excluding hydrogens is 284 g/mol. The fourth-order valence-corrected chi connectivity index (χ4v) is 2.56. The van der Waals surface area contributed by atoms with Crippen molar-refractivity contribution < 1.29 is 4.74 Å². The number of anilines is 2. The molecule has 0 saturated heterocycles. The molecule has 0 spiro atoms. The number of hydrogen-bond acceptors (Lipinski definition) is 3. The van der Waals surface area contributed by atoms with Gasteiger partial charge < -0.3 is 15.4 Å². The highest BCUT2D eigenvalue weighted by molar-refractivity contribution is 5.57. The molecule has 0 unspecified atom stereocenters. The van der Waals surface area contributed by atoms with Crippen LogP contribution in [0, 0.1) is 6.92 Å². The highest BCUT2D eigenvalue weighted by Gasteiger charge is 2.03. The van der Waals surface area contributed by atoms with E-state index in [1.165, 1.54) is 16.8 Å². The monoisotopic (exact) mass is 312 g/mol. The van der Waals surface area contributed by atoms with E-state index < -0.39 is 0 Å². The molecule has 0 saturated carbocycles. The van der Waals surface area contributed by atoms with Gasteiger partial charge in [-0.15, -0.1) is 0 Å². The number of ether oxygens (including phenoxy) is 1. The summed E-state index contributed by atoms with van der Waals surface area (Å²) in [6.07, 6.45) is 2.08. The molecule has 0 atom stereocenters. The van der Waals surface area contributed by atoms with Gasteiger partial charge in [-0.25, -0.2) is 0 Å². The second-order valence-electron chi connectivity index (χ2n) is 5.69. The SMILES string of the molecule is CCCOc1ccc(NCCNc2c(C)cccc2CC)cc1. The highest BCUT2D eigenvalue weighted by atomic mass is 16.5. The van der Waals surface area contributed by atoms with Crippen LogP contribution in [-0.2, 0) is 6.42 Å². The predicted octanol–water partition coefficient (Wildman–Crippen LogP) is 4.87. The molecule has 2 aromatic rings. The minimum absolute atomic E-state index is 0.771. The largest absolute Gasteiger partial charge is 0.494 e. The van der Waals surface area contributed by atoms with Gasteiger partial charge in [0, 0.05) is 24.5 Å². The third-order valence-corrected chi connectivity index (χ3v) is 3.82. The van der Waals surface area contributed by atoms with Gasteiger partial charge in [0.25, 0.3) is 0 Å². The number of para-hydroxylation sites is 1. The van der Waals surface area contributed by atoms with Crippen LogP contribution >= 0.6 is 0 Å².